The third-order valence-corrected chi connectivity index (χ3v) is 5.48. The van der Waals surface area contributed by atoms with Gasteiger partial charge in [-0.3, -0.25) is 9.59 Å². The Balaban J connectivity index is 0.000000300. The van der Waals surface area contributed by atoms with E-state index in [2.05, 4.69) is 35.6 Å². The number of hydrogen-bond acceptors (Lipinski definition) is 3. The van der Waals surface area contributed by atoms with Gasteiger partial charge in [-0.25, -0.2) is 0 Å². The molecular formula is C21H23Cl2NO4. The predicted octanol–water partition coefficient (Wildman–Crippen LogP) is 5.12. The van der Waals surface area contributed by atoms with Crippen molar-refractivity contribution < 1.29 is 19.8 Å². The van der Waals surface area contributed by atoms with E-state index in [1.807, 2.05) is 19.2 Å². The number of aliphatic carboxylic acids is 2. The van der Waals surface area contributed by atoms with Crippen molar-refractivity contribution in [1.82, 2.24) is 5.32 Å². The lowest BCUT2D eigenvalue weighted by molar-refractivity contribution is -0.143. The molecule has 5 nitrogen and oxygen atoms in total. The number of hydrogen-bond donors (Lipinski definition) is 3. The third kappa shape index (κ3) is 5.96. The van der Waals surface area contributed by atoms with Crippen LogP contribution in [0.4, 0.5) is 0 Å². The Morgan fingerprint density at radius 2 is 1.57 bits per heavy atom. The maximum atomic E-state index is 9.64. The molecule has 0 bridgehead atoms. The topological polar surface area (TPSA) is 86.6 Å². The van der Waals surface area contributed by atoms with Crippen LogP contribution in [0.25, 0.3) is 0 Å². The van der Waals surface area contributed by atoms with Crippen molar-refractivity contribution in [3.63, 3.8) is 0 Å². The first-order valence-corrected chi connectivity index (χ1v) is 9.73. The minimum atomic E-state index is -1.08. The van der Waals surface area contributed by atoms with Crippen LogP contribution in [0.15, 0.2) is 42.5 Å². The van der Waals surface area contributed by atoms with Gasteiger partial charge < -0.3 is 15.5 Å². The zero-order chi connectivity index (χ0) is 20.7. The van der Waals surface area contributed by atoms with Gasteiger partial charge in [-0.15, -0.1) is 0 Å². The van der Waals surface area contributed by atoms with Crippen molar-refractivity contribution >= 4 is 35.1 Å². The van der Waals surface area contributed by atoms with E-state index in [0.29, 0.717) is 22.0 Å². The van der Waals surface area contributed by atoms with Gasteiger partial charge in [-0.05, 0) is 48.7 Å². The highest BCUT2D eigenvalue weighted by Gasteiger charge is 2.27. The molecule has 2 atom stereocenters. The van der Waals surface area contributed by atoms with Gasteiger partial charge in [0.25, 0.3) is 0 Å². The summed E-state index contributed by atoms with van der Waals surface area (Å²) in [6.07, 6.45) is 1.67. The molecule has 3 rings (SSSR count). The highest BCUT2D eigenvalue weighted by Crippen LogP contribution is 2.42. The minimum absolute atomic E-state index is 0.296. The summed E-state index contributed by atoms with van der Waals surface area (Å²) in [6, 6.07) is 15.1. The number of nitrogens with one attached hydrogen (secondary N) is 1. The molecule has 1 aliphatic carbocycles. The molecule has 2 aromatic rings. The number of halogens is 2. The summed E-state index contributed by atoms with van der Waals surface area (Å²) in [5, 5.41) is 20.5. The normalized spacial score (nSPS) is 17.8. The first kappa shape index (κ1) is 22.2. The average molecular weight is 424 g/mol. The van der Waals surface area contributed by atoms with E-state index in [4.69, 9.17) is 33.4 Å². The van der Waals surface area contributed by atoms with E-state index in [1.165, 1.54) is 16.7 Å². The van der Waals surface area contributed by atoms with Gasteiger partial charge in [0, 0.05) is 12.0 Å². The molecule has 0 amide bonds. The summed E-state index contributed by atoms with van der Waals surface area (Å²) in [5.41, 5.74) is 4.05. The average Bonchev–Trinajstić information content (AvgIpc) is 2.68. The van der Waals surface area contributed by atoms with E-state index >= 15 is 0 Å². The molecule has 7 heteroatoms. The maximum Gasteiger partial charge on any atom is 0.303 e. The van der Waals surface area contributed by atoms with Crippen molar-refractivity contribution in [2.45, 2.75) is 37.6 Å². The van der Waals surface area contributed by atoms with Crippen LogP contribution < -0.4 is 5.32 Å². The summed E-state index contributed by atoms with van der Waals surface area (Å²) in [6.45, 7) is 0. The molecule has 0 aromatic heterocycles. The summed E-state index contributed by atoms with van der Waals surface area (Å²) >= 11 is 12.2. The monoisotopic (exact) mass is 423 g/mol. The van der Waals surface area contributed by atoms with Crippen molar-refractivity contribution in [2.75, 3.05) is 7.05 Å². The number of fused-ring (bicyclic) bond motifs is 1. The lowest BCUT2D eigenvalue weighted by atomic mass is 9.77. The largest absolute Gasteiger partial charge is 0.481 e. The van der Waals surface area contributed by atoms with Crippen molar-refractivity contribution in [3.8, 4) is 0 Å². The molecule has 0 spiro atoms. The lowest BCUT2D eigenvalue weighted by Gasteiger charge is -2.32. The molecule has 0 fully saturated rings. The van der Waals surface area contributed by atoms with Crippen molar-refractivity contribution in [3.05, 3.63) is 69.2 Å². The van der Waals surface area contributed by atoms with Crippen LogP contribution in [0.3, 0.4) is 0 Å². The third-order valence-electron chi connectivity index (χ3n) is 4.74. The molecular weight excluding hydrogens is 401 g/mol. The first-order chi connectivity index (χ1) is 13.3. The molecule has 28 heavy (non-hydrogen) atoms. The Bertz CT molecular complexity index is 827. The van der Waals surface area contributed by atoms with Gasteiger partial charge in [0.05, 0.1) is 22.9 Å². The molecule has 0 heterocycles. The molecule has 0 unspecified atom stereocenters. The van der Waals surface area contributed by atoms with Crippen molar-refractivity contribution in [1.29, 1.82) is 0 Å². The zero-order valence-electron chi connectivity index (χ0n) is 15.5. The molecule has 1 aliphatic rings. The van der Waals surface area contributed by atoms with Crippen LogP contribution in [0.2, 0.25) is 10.0 Å². The van der Waals surface area contributed by atoms with E-state index in [-0.39, 0.29) is 12.8 Å². The molecule has 0 saturated carbocycles. The number of rotatable bonds is 5. The fourth-order valence-corrected chi connectivity index (χ4v) is 3.69. The smallest absolute Gasteiger partial charge is 0.303 e. The van der Waals surface area contributed by atoms with Crippen LogP contribution in [-0.4, -0.2) is 29.2 Å². The van der Waals surface area contributed by atoms with E-state index in [0.717, 1.165) is 12.8 Å². The van der Waals surface area contributed by atoms with Crippen LogP contribution in [-0.2, 0) is 9.59 Å². The van der Waals surface area contributed by atoms with Crippen LogP contribution in [0.5, 0.6) is 0 Å². The number of carboxylic acid groups (broad SMARTS) is 2. The van der Waals surface area contributed by atoms with E-state index in [9.17, 15) is 9.59 Å². The molecule has 3 N–H and O–H groups in total. The second kappa shape index (κ2) is 10.5. The Morgan fingerprint density at radius 3 is 2.11 bits per heavy atom. The Kier molecular flexibility index (Phi) is 8.30. The standard InChI is InChI=1S/C17H17Cl2N.C4H6O4/c1-20-17-9-7-12(13-4-2-3-5-14(13)17)11-6-8-15(18)16(19)10-11;5-3(6)1-2-4(7)8/h2-6,8,10,12,17,20H,7,9H2,1H3;1-2H2,(H,5,6)(H,7,8)/t12-,17-;/m0./s1. The molecule has 150 valence electrons. The van der Waals surface area contributed by atoms with Gasteiger partial charge in [0.15, 0.2) is 0 Å². The Morgan fingerprint density at radius 1 is 0.964 bits per heavy atom. The van der Waals surface area contributed by atoms with Gasteiger partial charge >= 0.3 is 11.9 Å². The Labute approximate surface area is 174 Å². The highest BCUT2D eigenvalue weighted by molar-refractivity contribution is 6.42. The Hall–Kier alpha value is -2.08. The van der Waals surface area contributed by atoms with Gasteiger partial charge in [-0.2, -0.15) is 0 Å². The quantitative estimate of drug-likeness (QED) is 0.621. The van der Waals surface area contributed by atoms with Crippen LogP contribution >= 0.6 is 23.2 Å². The maximum absolute atomic E-state index is 9.64. The van der Waals surface area contributed by atoms with Crippen LogP contribution in [0, 0.1) is 0 Å². The van der Waals surface area contributed by atoms with Gasteiger partial charge in [0.2, 0.25) is 0 Å². The fourth-order valence-electron chi connectivity index (χ4n) is 3.38. The second-order valence-corrected chi connectivity index (χ2v) is 7.38. The number of benzene rings is 2. The molecule has 2 aromatic carbocycles. The zero-order valence-corrected chi connectivity index (χ0v) is 17.0. The van der Waals surface area contributed by atoms with Crippen LogP contribution in [0.1, 0.15) is 54.3 Å². The fraction of sp³-hybridized carbons (Fsp3) is 0.333. The summed E-state index contributed by atoms with van der Waals surface area (Å²) in [5.74, 6) is -1.75. The highest BCUT2D eigenvalue weighted by atomic mass is 35.5. The van der Waals surface area contributed by atoms with E-state index < -0.39 is 11.9 Å². The lowest BCUT2D eigenvalue weighted by Crippen LogP contribution is -2.24. The van der Waals surface area contributed by atoms with Gasteiger partial charge in [-0.1, -0.05) is 53.5 Å². The number of carbonyl (C=O) groups is 2. The minimum Gasteiger partial charge on any atom is -0.481 e. The van der Waals surface area contributed by atoms with E-state index in [1.54, 1.807) is 0 Å². The summed E-state index contributed by atoms with van der Waals surface area (Å²) in [7, 11) is 2.03. The second-order valence-electron chi connectivity index (χ2n) is 6.56. The van der Waals surface area contributed by atoms with Crippen molar-refractivity contribution in [2.24, 2.45) is 0 Å². The summed E-state index contributed by atoms with van der Waals surface area (Å²) in [4.78, 5) is 19.3. The number of carboxylic acids is 2. The molecule has 0 saturated heterocycles. The van der Waals surface area contributed by atoms with Gasteiger partial charge in [0.1, 0.15) is 0 Å². The SMILES string of the molecule is CN[C@H]1CC[C@@H](c2ccc(Cl)c(Cl)c2)c2ccccc21.O=C(O)CCC(=O)O. The summed E-state index contributed by atoms with van der Waals surface area (Å²) < 4.78 is 0. The first-order valence-electron chi connectivity index (χ1n) is 8.98. The molecule has 0 radical (unpaired) electrons. The predicted molar refractivity (Wildman–Crippen MR) is 110 cm³/mol. The molecule has 0 aliphatic heterocycles.